The Morgan fingerprint density at radius 3 is 2.42 bits per heavy atom. The van der Waals surface area contributed by atoms with Crippen LogP contribution in [-0.2, 0) is 19.6 Å². The van der Waals surface area contributed by atoms with Crippen LogP contribution in [0.4, 0.5) is 5.69 Å². The number of ether oxygens (including phenoxy) is 1. The van der Waals surface area contributed by atoms with Crippen LogP contribution in [0.3, 0.4) is 0 Å². The number of nitrogen functional groups attached to an aromatic ring is 1. The van der Waals surface area contributed by atoms with Crippen LogP contribution < -0.4 is 5.73 Å². The van der Waals surface area contributed by atoms with Crippen molar-refractivity contribution < 1.29 is 17.9 Å². The van der Waals surface area contributed by atoms with E-state index in [2.05, 4.69) is 4.74 Å². The number of rotatable bonds is 4. The molecule has 1 aromatic rings. The second kappa shape index (κ2) is 5.58. The molecule has 0 fully saturated rings. The van der Waals surface area contributed by atoms with Crippen LogP contribution in [0.1, 0.15) is 11.1 Å². The van der Waals surface area contributed by atoms with Crippen molar-refractivity contribution in [2.24, 2.45) is 0 Å². The van der Waals surface area contributed by atoms with E-state index in [4.69, 9.17) is 5.73 Å². The number of nitrogens with zero attached hydrogens (tertiary/aromatic N) is 1. The molecule has 106 valence electrons. The van der Waals surface area contributed by atoms with Crippen molar-refractivity contribution in [1.82, 2.24) is 4.31 Å². The number of likely N-dealkylation sites (N-methyl/N-ethyl adjacent to an activating group) is 1. The van der Waals surface area contributed by atoms with Gasteiger partial charge in [-0.3, -0.25) is 4.79 Å². The molecule has 1 rings (SSSR count). The van der Waals surface area contributed by atoms with Gasteiger partial charge < -0.3 is 10.5 Å². The van der Waals surface area contributed by atoms with Gasteiger partial charge in [-0.1, -0.05) is 0 Å². The van der Waals surface area contributed by atoms with E-state index < -0.39 is 16.0 Å². The third-order valence-corrected chi connectivity index (χ3v) is 4.75. The molecular weight excluding hydrogens is 268 g/mol. The number of carbonyl (C=O) groups excluding carboxylic acids is 1. The van der Waals surface area contributed by atoms with Crippen LogP contribution >= 0.6 is 0 Å². The Bertz CT molecular complexity index is 573. The normalized spacial score (nSPS) is 11.6. The quantitative estimate of drug-likeness (QED) is 0.649. The number of hydrogen-bond donors (Lipinski definition) is 1. The van der Waals surface area contributed by atoms with E-state index in [-0.39, 0.29) is 11.4 Å². The minimum absolute atomic E-state index is 0.0690. The first-order valence-electron chi connectivity index (χ1n) is 5.60. The lowest BCUT2D eigenvalue weighted by molar-refractivity contribution is -0.140. The average Bonchev–Trinajstić information content (AvgIpc) is 2.34. The third kappa shape index (κ3) is 3.24. The second-order valence-corrected chi connectivity index (χ2v) is 6.34. The standard InChI is InChI=1S/C12H18N2O4S/c1-8-5-10(6-11(13)9(8)2)19(16,17)14(3)7-12(15)18-4/h5-6H,7,13H2,1-4H3. The Labute approximate surface area is 113 Å². The van der Waals surface area contributed by atoms with E-state index in [9.17, 15) is 13.2 Å². The van der Waals surface area contributed by atoms with E-state index in [1.165, 1.54) is 26.3 Å². The first-order valence-corrected chi connectivity index (χ1v) is 7.04. The highest BCUT2D eigenvalue weighted by atomic mass is 32.2. The number of sulfonamides is 1. The van der Waals surface area contributed by atoms with Crippen LogP contribution in [0.25, 0.3) is 0 Å². The molecule has 0 atom stereocenters. The van der Waals surface area contributed by atoms with Gasteiger partial charge in [-0.15, -0.1) is 0 Å². The summed E-state index contributed by atoms with van der Waals surface area (Å²) in [5, 5.41) is 0. The van der Waals surface area contributed by atoms with Gasteiger partial charge >= 0.3 is 5.97 Å². The van der Waals surface area contributed by atoms with Gasteiger partial charge in [0.25, 0.3) is 0 Å². The molecule has 0 amide bonds. The molecule has 0 radical (unpaired) electrons. The lowest BCUT2D eigenvalue weighted by Crippen LogP contribution is -2.32. The van der Waals surface area contributed by atoms with E-state index in [0.717, 1.165) is 15.4 Å². The molecule has 0 unspecified atom stereocenters. The molecule has 0 bridgehead atoms. The second-order valence-electron chi connectivity index (χ2n) is 4.29. The van der Waals surface area contributed by atoms with Crippen molar-refractivity contribution in [3.8, 4) is 0 Å². The van der Waals surface area contributed by atoms with Crippen LogP contribution in [0, 0.1) is 13.8 Å². The predicted molar refractivity (Wildman–Crippen MR) is 72.2 cm³/mol. The highest BCUT2D eigenvalue weighted by Gasteiger charge is 2.24. The van der Waals surface area contributed by atoms with Gasteiger partial charge in [0, 0.05) is 12.7 Å². The SMILES string of the molecule is COC(=O)CN(C)S(=O)(=O)c1cc(C)c(C)c(N)c1. The average molecular weight is 286 g/mol. The summed E-state index contributed by atoms with van der Waals surface area (Å²) in [6.07, 6.45) is 0. The summed E-state index contributed by atoms with van der Waals surface area (Å²) < 4.78 is 29.9. The maximum atomic E-state index is 12.3. The number of aryl methyl sites for hydroxylation is 1. The zero-order valence-corrected chi connectivity index (χ0v) is 12.2. The summed E-state index contributed by atoms with van der Waals surface area (Å²) in [5.41, 5.74) is 7.80. The van der Waals surface area contributed by atoms with Gasteiger partial charge in [0.05, 0.1) is 12.0 Å². The van der Waals surface area contributed by atoms with E-state index >= 15 is 0 Å². The Balaban J connectivity index is 3.17. The summed E-state index contributed by atoms with van der Waals surface area (Å²) in [6.45, 7) is 3.26. The lowest BCUT2D eigenvalue weighted by atomic mass is 10.1. The van der Waals surface area contributed by atoms with Gasteiger partial charge in [0.2, 0.25) is 10.0 Å². The number of esters is 1. The number of methoxy groups -OCH3 is 1. The maximum absolute atomic E-state index is 12.3. The number of hydrogen-bond acceptors (Lipinski definition) is 5. The first-order chi connectivity index (χ1) is 8.70. The van der Waals surface area contributed by atoms with Gasteiger partial charge in [0.1, 0.15) is 6.54 Å². The Kier molecular flexibility index (Phi) is 4.54. The van der Waals surface area contributed by atoms with Crippen molar-refractivity contribution in [3.63, 3.8) is 0 Å². The summed E-state index contributed by atoms with van der Waals surface area (Å²) in [4.78, 5) is 11.2. The van der Waals surface area contributed by atoms with E-state index in [1.54, 1.807) is 6.92 Å². The molecule has 2 N–H and O–H groups in total. The highest BCUT2D eigenvalue weighted by Crippen LogP contribution is 2.23. The molecule has 19 heavy (non-hydrogen) atoms. The van der Waals surface area contributed by atoms with Crippen LogP contribution in [0.15, 0.2) is 17.0 Å². The molecule has 0 heterocycles. The zero-order valence-electron chi connectivity index (χ0n) is 11.4. The Morgan fingerprint density at radius 2 is 1.95 bits per heavy atom. The van der Waals surface area contributed by atoms with Crippen LogP contribution in [-0.4, -0.2) is 39.4 Å². The van der Waals surface area contributed by atoms with Gasteiger partial charge in [-0.05, 0) is 37.1 Å². The monoisotopic (exact) mass is 286 g/mol. The Morgan fingerprint density at radius 1 is 1.37 bits per heavy atom. The lowest BCUT2D eigenvalue weighted by Gasteiger charge is -2.17. The van der Waals surface area contributed by atoms with Gasteiger partial charge in [-0.25, -0.2) is 8.42 Å². The fourth-order valence-corrected chi connectivity index (χ4v) is 2.75. The number of anilines is 1. The zero-order chi connectivity index (χ0) is 14.8. The molecule has 6 nitrogen and oxygen atoms in total. The third-order valence-electron chi connectivity index (χ3n) is 2.97. The fourth-order valence-electron chi connectivity index (χ4n) is 1.51. The summed E-state index contributed by atoms with van der Waals surface area (Å²) in [7, 11) is -1.23. The molecular formula is C12H18N2O4S. The summed E-state index contributed by atoms with van der Waals surface area (Å²) in [6, 6.07) is 2.93. The van der Waals surface area contributed by atoms with E-state index in [0.29, 0.717) is 5.69 Å². The minimum atomic E-state index is -3.75. The molecule has 0 aliphatic heterocycles. The summed E-state index contributed by atoms with van der Waals surface area (Å²) in [5.74, 6) is -0.622. The Hall–Kier alpha value is -1.60. The maximum Gasteiger partial charge on any atom is 0.321 e. The topological polar surface area (TPSA) is 89.7 Å². The number of benzene rings is 1. The number of carbonyl (C=O) groups is 1. The van der Waals surface area contributed by atoms with E-state index in [1.807, 2.05) is 6.92 Å². The van der Waals surface area contributed by atoms with Crippen LogP contribution in [0.5, 0.6) is 0 Å². The molecule has 0 aliphatic rings. The van der Waals surface area contributed by atoms with Crippen molar-refractivity contribution in [2.75, 3.05) is 26.4 Å². The smallest absolute Gasteiger partial charge is 0.321 e. The molecule has 0 saturated carbocycles. The predicted octanol–water partition coefficient (Wildman–Crippen LogP) is 0.679. The van der Waals surface area contributed by atoms with Crippen molar-refractivity contribution >= 4 is 21.7 Å². The van der Waals surface area contributed by atoms with Crippen molar-refractivity contribution in [1.29, 1.82) is 0 Å². The molecule has 1 aromatic carbocycles. The highest BCUT2D eigenvalue weighted by molar-refractivity contribution is 7.89. The largest absolute Gasteiger partial charge is 0.468 e. The molecule has 7 heteroatoms. The molecule has 0 aliphatic carbocycles. The van der Waals surface area contributed by atoms with Gasteiger partial charge in [0.15, 0.2) is 0 Å². The molecule has 0 spiro atoms. The summed E-state index contributed by atoms with van der Waals surface area (Å²) >= 11 is 0. The molecule has 0 aromatic heterocycles. The van der Waals surface area contributed by atoms with Crippen molar-refractivity contribution in [3.05, 3.63) is 23.3 Å². The van der Waals surface area contributed by atoms with Gasteiger partial charge in [-0.2, -0.15) is 4.31 Å². The fraction of sp³-hybridized carbons (Fsp3) is 0.417. The van der Waals surface area contributed by atoms with Crippen LogP contribution in [0.2, 0.25) is 0 Å². The first kappa shape index (κ1) is 15.5. The number of nitrogens with two attached hydrogens (primary N) is 1. The molecule has 0 saturated heterocycles. The van der Waals surface area contributed by atoms with Crippen molar-refractivity contribution in [2.45, 2.75) is 18.7 Å². The minimum Gasteiger partial charge on any atom is -0.468 e.